The van der Waals surface area contributed by atoms with Gasteiger partial charge in [0.1, 0.15) is 23.7 Å². The smallest absolute Gasteiger partial charge is 0.124 e. The number of ether oxygens (including phenoxy) is 2. The van der Waals surface area contributed by atoms with E-state index in [0.29, 0.717) is 17.8 Å². The number of benzene rings is 3. The van der Waals surface area contributed by atoms with Gasteiger partial charge in [0.05, 0.1) is 5.70 Å². The van der Waals surface area contributed by atoms with Crippen molar-refractivity contribution < 1.29 is 9.47 Å². The molecule has 56 heavy (non-hydrogen) atoms. The minimum atomic E-state index is 0.140. The fourth-order valence-electron chi connectivity index (χ4n) is 10.7. The largest absolute Gasteiger partial charge is 0.489 e. The van der Waals surface area contributed by atoms with E-state index < -0.39 is 0 Å². The van der Waals surface area contributed by atoms with Crippen LogP contribution in [-0.4, -0.2) is 12.2 Å². The molecule has 4 heteroatoms. The molecule has 0 N–H and O–H groups in total. The third-order valence-electron chi connectivity index (χ3n) is 13.3. The summed E-state index contributed by atoms with van der Waals surface area (Å²) in [4.78, 5) is 5.24. The topological polar surface area (TPSA) is 24.9 Å². The second-order valence-corrected chi connectivity index (χ2v) is 17.0. The van der Waals surface area contributed by atoms with Crippen LogP contribution in [0.25, 0.3) is 11.4 Å². The maximum Gasteiger partial charge on any atom is 0.124 e. The molecule has 0 bridgehead atoms. The fourth-order valence-corrected chi connectivity index (χ4v) is 10.7. The molecule has 0 saturated carbocycles. The van der Waals surface area contributed by atoms with Crippen molar-refractivity contribution in [2.75, 3.05) is 9.80 Å². The SMILES string of the molecule is CC1=CC(N(C2=c3ccccc3=C(N(C3=CC=CC(C)C3)c3ccc4c(c3)C3CCC=CC3O4)C3CC=CC=C23)c2ccc3c(c2)C2C=CCCC2O3)=CCC1. The van der Waals surface area contributed by atoms with E-state index in [0.717, 1.165) is 62.9 Å². The molecule has 280 valence electrons. The van der Waals surface area contributed by atoms with Crippen LogP contribution in [0, 0.1) is 11.8 Å². The summed E-state index contributed by atoms with van der Waals surface area (Å²) >= 11 is 0. The molecule has 0 saturated heterocycles. The Kier molecular flexibility index (Phi) is 8.23. The normalized spacial score (nSPS) is 27.6. The van der Waals surface area contributed by atoms with Gasteiger partial charge < -0.3 is 19.3 Å². The van der Waals surface area contributed by atoms with Crippen molar-refractivity contribution >= 4 is 22.8 Å². The standard InChI is InChI=1S/C52H50N2O2/c1-33-13-11-15-35(29-33)53(37-25-27-49-45(31-37)39-17-7-9-23-47(39)55-49)51-41-19-3-5-21-43(41)52(44-22-6-4-20-42(44)51)54(36-16-12-14-34(2)30-36)38-26-28-50-46(32-38)40-18-8-10-24-48(40)56-50/h3-7,10,12,14-17,19-21,24-29,31-32,34,39-40,44,47-48H,8-9,11,13,18,22-23,30H2,1-2H3. The highest BCUT2D eigenvalue weighted by molar-refractivity contribution is 5.91. The molecule has 0 radical (unpaired) electrons. The Balaban J connectivity index is 1.17. The molecule has 6 aliphatic carbocycles. The number of anilines is 2. The van der Waals surface area contributed by atoms with Crippen LogP contribution in [0.2, 0.25) is 0 Å². The van der Waals surface area contributed by atoms with Gasteiger partial charge in [0.15, 0.2) is 0 Å². The molecular formula is C52H50N2O2. The van der Waals surface area contributed by atoms with E-state index in [9.17, 15) is 0 Å². The highest BCUT2D eigenvalue weighted by atomic mass is 16.5. The van der Waals surface area contributed by atoms with Crippen LogP contribution in [0.3, 0.4) is 0 Å². The molecular weight excluding hydrogens is 685 g/mol. The lowest BCUT2D eigenvalue weighted by Gasteiger charge is -2.42. The monoisotopic (exact) mass is 734 g/mol. The minimum Gasteiger partial charge on any atom is -0.489 e. The Bertz CT molecular complexity index is 2520. The van der Waals surface area contributed by atoms with Crippen LogP contribution in [0.1, 0.15) is 88.2 Å². The molecule has 0 amide bonds. The van der Waals surface area contributed by atoms with Gasteiger partial charge in [-0.15, -0.1) is 0 Å². The number of nitrogens with zero attached hydrogens (tertiary/aromatic N) is 2. The van der Waals surface area contributed by atoms with Gasteiger partial charge >= 0.3 is 0 Å². The second-order valence-electron chi connectivity index (χ2n) is 17.0. The van der Waals surface area contributed by atoms with E-state index in [1.54, 1.807) is 0 Å². The van der Waals surface area contributed by atoms with E-state index in [-0.39, 0.29) is 18.1 Å². The Morgan fingerprint density at radius 1 is 0.732 bits per heavy atom. The molecule has 3 aromatic rings. The Labute approximate surface area is 331 Å². The zero-order valence-corrected chi connectivity index (χ0v) is 32.5. The molecule has 4 nitrogen and oxygen atoms in total. The van der Waals surface area contributed by atoms with Gasteiger partial charge in [-0.05, 0) is 124 Å². The van der Waals surface area contributed by atoms with Crippen molar-refractivity contribution in [1.29, 1.82) is 0 Å². The van der Waals surface area contributed by atoms with Crippen molar-refractivity contribution in [2.24, 2.45) is 11.8 Å². The molecule has 8 aliphatic rings. The number of hydrogen-bond donors (Lipinski definition) is 0. The van der Waals surface area contributed by atoms with Gasteiger partial charge in [-0.3, -0.25) is 0 Å². The molecule has 0 spiro atoms. The Hall–Kier alpha value is -5.48. The highest BCUT2D eigenvalue weighted by Crippen LogP contribution is 2.50. The highest BCUT2D eigenvalue weighted by Gasteiger charge is 2.40. The van der Waals surface area contributed by atoms with Gasteiger partial charge in [-0.2, -0.15) is 0 Å². The second kappa shape index (κ2) is 13.6. The summed E-state index contributed by atoms with van der Waals surface area (Å²) in [5, 5.41) is 2.58. The van der Waals surface area contributed by atoms with Crippen LogP contribution in [0.5, 0.6) is 11.5 Å². The summed E-state index contributed by atoms with van der Waals surface area (Å²) in [6, 6.07) is 23.2. The average molecular weight is 735 g/mol. The number of rotatable bonds is 6. The minimum absolute atomic E-state index is 0.140. The molecule has 11 rings (SSSR count). The van der Waals surface area contributed by atoms with E-state index in [1.807, 2.05) is 0 Å². The first-order valence-corrected chi connectivity index (χ1v) is 21.1. The number of fused-ring (bicyclic) bond motifs is 8. The summed E-state index contributed by atoms with van der Waals surface area (Å²) in [5.74, 6) is 3.40. The van der Waals surface area contributed by atoms with Crippen LogP contribution in [-0.2, 0) is 0 Å². The summed E-state index contributed by atoms with van der Waals surface area (Å²) in [5.41, 5.74) is 13.2. The zero-order valence-electron chi connectivity index (χ0n) is 32.5. The molecule has 3 aromatic carbocycles. The summed E-state index contributed by atoms with van der Waals surface area (Å²) < 4.78 is 13.1. The fraction of sp³-hybridized carbons (Fsp3) is 0.308. The first kappa shape index (κ1) is 33.8. The van der Waals surface area contributed by atoms with Crippen LogP contribution >= 0.6 is 0 Å². The predicted molar refractivity (Wildman–Crippen MR) is 229 cm³/mol. The van der Waals surface area contributed by atoms with Crippen molar-refractivity contribution in [1.82, 2.24) is 0 Å². The Morgan fingerprint density at radius 3 is 2.41 bits per heavy atom. The third-order valence-corrected chi connectivity index (χ3v) is 13.3. The zero-order chi connectivity index (χ0) is 37.3. The molecule has 0 fully saturated rings. The van der Waals surface area contributed by atoms with Crippen molar-refractivity contribution in [2.45, 2.75) is 89.3 Å². The van der Waals surface area contributed by atoms with Crippen LogP contribution < -0.4 is 29.7 Å². The van der Waals surface area contributed by atoms with Gasteiger partial charge in [-0.1, -0.05) is 91.4 Å². The lowest BCUT2D eigenvalue weighted by molar-refractivity contribution is 0.204. The maximum absolute atomic E-state index is 6.55. The van der Waals surface area contributed by atoms with Crippen LogP contribution in [0.15, 0.2) is 156 Å². The van der Waals surface area contributed by atoms with E-state index >= 15 is 0 Å². The average Bonchev–Trinajstić information content (AvgIpc) is 3.80. The third kappa shape index (κ3) is 5.55. The summed E-state index contributed by atoms with van der Waals surface area (Å²) in [6.45, 7) is 4.63. The van der Waals surface area contributed by atoms with Crippen LogP contribution in [0.4, 0.5) is 11.4 Å². The van der Waals surface area contributed by atoms with Gasteiger partial charge in [0, 0.05) is 67.8 Å². The molecule has 6 unspecified atom stereocenters. The molecule has 2 heterocycles. The molecule has 2 aliphatic heterocycles. The molecule has 6 atom stereocenters. The van der Waals surface area contributed by atoms with Crippen molar-refractivity contribution in [3.63, 3.8) is 0 Å². The van der Waals surface area contributed by atoms with E-state index in [1.165, 1.54) is 66.9 Å². The van der Waals surface area contributed by atoms with Gasteiger partial charge in [0.25, 0.3) is 0 Å². The predicted octanol–water partition coefficient (Wildman–Crippen LogP) is 10.9. The van der Waals surface area contributed by atoms with E-state index in [2.05, 4.69) is 157 Å². The maximum atomic E-state index is 6.55. The number of allylic oxidation sites excluding steroid dienone is 12. The summed E-state index contributed by atoms with van der Waals surface area (Å²) in [7, 11) is 0. The first-order chi connectivity index (χ1) is 27.6. The Morgan fingerprint density at radius 2 is 1.54 bits per heavy atom. The first-order valence-electron chi connectivity index (χ1n) is 21.1. The number of hydrogen-bond acceptors (Lipinski definition) is 4. The summed E-state index contributed by atoms with van der Waals surface area (Å²) in [6.07, 6.45) is 37.0. The van der Waals surface area contributed by atoms with Gasteiger partial charge in [0.2, 0.25) is 0 Å². The van der Waals surface area contributed by atoms with Gasteiger partial charge in [-0.25, -0.2) is 0 Å². The quantitative estimate of drug-likeness (QED) is 0.236. The lowest BCUT2D eigenvalue weighted by Crippen LogP contribution is -2.46. The van der Waals surface area contributed by atoms with E-state index in [4.69, 9.17) is 9.47 Å². The van der Waals surface area contributed by atoms with Crippen molar-refractivity contribution in [3.8, 4) is 11.5 Å². The molecule has 0 aromatic heterocycles. The lowest BCUT2D eigenvalue weighted by atomic mass is 9.79. The van der Waals surface area contributed by atoms with Crippen molar-refractivity contribution in [3.05, 3.63) is 178 Å².